The summed E-state index contributed by atoms with van der Waals surface area (Å²) < 4.78 is 0. The monoisotopic (exact) mass is 250 g/mol. The molecule has 14 heavy (non-hydrogen) atoms. The molecular formula is C11H17Cl2P. The molecule has 1 aromatic carbocycles. The van der Waals surface area contributed by atoms with Gasteiger partial charge in [0.25, 0.3) is 0 Å². The van der Waals surface area contributed by atoms with Crippen LogP contribution < -0.4 is 0 Å². The van der Waals surface area contributed by atoms with Crippen molar-refractivity contribution in [2.24, 2.45) is 0 Å². The molecule has 0 amide bonds. The van der Waals surface area contributed by atoms with Gasteiger partial charge in [-0.25, -0.2) is 0 Å². The molecule has 3 heteroatoms. The van der Waals surface area contributed by atoms with E-state index in [1.807, 2.05) is 18.2 Å². The number of benzene rings is 1. The Balaban J connectivity index is 2.87. The van der Waals surface area contributed by atoms with Gasteiger partial charge in [0, 0.05) is 0 Å². The molecule has 0 aliphatic rings. The Kier molecular flexibility index (Phi) is 3.86. The van der Waals surface area contributed by atoms with Gasteiger partial charge in [0.15, 0.2) is 0 Å². The fourth-order valence-electron chi connectivity index (χ4n) is 1.43. The molecule has 0 bridgehead atoms. The molecule has 1 rings (SSSR count). The van der Waals surface area contributed by atoms with Gasteiger partial charge < -0.3 is 0 Å². The number of halogens is 2. The molecule has 0 atom stereocenters. The van der Waals surface area contributed by atoms with E-state index in [0.717, 1.165) is 18.5 Å². The van der Waals surface area contributed by atoms with Crippen molar-refractivity contribution in [2.75, 3.05) is 12.3 Å². The van der Waals surface area contributed by atoms with E-state index in [1.54, 1.807) is 0 Å². The molecule has 0 aromatic heterocycles. The molecule has 0 saturated carbocycles. The Morgan fingerprint density at radius 3 is 1.93 bits per heavy atom. The molecule has 1 aromatic rings. The third-order valence-corrected chi connectivity index (χ3v) is 10.1. The third kappa shape index (κ3) is 3.12. The molecule has 0 aliphatic carbocycles. The average molecular weight is 251 g/mol. The van der Waals surface area contributed by atoms with E-state index in [-0.39, 0.29) is 0 Å². The van der Waals surface area contributed by atoms with Gasteiger partial charge >= 0.3 is 96.0 Å². The molecule has 80 valence electrons. The van der Waals surface area contributed by atoms with Gasteiger partial charge in [0.05, 0.1) is 0 Å². The van der Waals surface area contributed by atoms with Gasteiger partial charge in [-0.1, -0.05) is 0 Å². The van der Waals surface area contributed by atoms with Crippen LogP contribution >= 0.6 is 27.8 Å². The van der Waals surface area contributed by atoms with Gasteiger partial charge in [0.2, 0.25) is 0 Å². The zero-order valence-electron chi connectivity index (χ0n) is 8.71. The summed E-state index contributed by atoms with van der Waals surface area (Å²) in [7, 11) is 0. The summed E-state index contributed by atoms with van der Waals surface area (Å²) in [6.07, 6.45) is 2.61. The Morgan fingerprint density at radius 2 is 1.50 bits per heavy atom. The minimum absolute atomic E-state index is 0.836. The second kappa shape index (κ2) is 4.39. The average Bonchev–Trinajstić information content (AvgIpc) is 2.20. The standard InChI is InChI=1S/C11H17Cl2P/c1-3-14(12,13,4-2)10-11-8-6-5-7-9-11/h5-9H,3-4,10H2,1-2H3. The van der Waals surface area contributed by atoms with Gasteiger partial charge in [-0.3, -0.25) is 0 Å². The van der Waals surface area contributed by atoms with E-state index in [2.05, 4.69) is 26.0 Å². The van der Waals surface area contributed by atoms with Crippen LogP contribution in [0.25, 0.3) is 0 Å². The zero-order valence-corrected chi connectivity index (χ0v) is 11.1. The summed E-state index contributed by atoms with van der Waals surface area (Å²) in [4.78, 5) is 0. The first-order valence-electron chi connectivity index (χ1n) is 4.97. The fourth-order valence-corrected chi connectivity index (χ4v) is 4.15. The first kappa shape index (κ1) is 12.3. The normalized spacial score (nSPS) is 14.7. The summed E-state index contributed by atoms with van der Waals surface area (Å²) in [5.74, 6) is 0. The molecule has 0 nitrogen and oxygen atoms in total. The molecule has 0 aliphatic heterocycles. The Morgan fingerprint density at radius 1 is 1.00 bits per heavy atom. The Labute approximate surface area is 96.1 Å². The SMILES string of the molecule is CCP(Cl)(Cl)(CC)Cc1ccccc1. The van der Waals surface area contributed by atoms with Gasteiger partial charge in [-0.05, 0) is 0 Å². The second-order valence-electron chi connectivity index (χ2n) is 3.73. The van der Waals surface area contributed by atoms with Crippen LogP contribution in [0.4, 0.5) is 0 Å². The third-order valence-electron chi connectivity index (χ3n) is 2.74. The maximum atomic E-state index is 6.59. The van der Waals surface area contributed by atoms with Crippen LogP contribution in [0.1, 0.15) is 19.4 Å². The predicted molar refractivity (Wildman–Crippen MR) is 69.9 cm³/mol. The van der Waals surface area contributed by atoms with Crippen molar-refractivity contribution in [2.45, 2.75) is 20.0 Å². The van der Waals surface area contributed by atoms with Crippen molar-refractivity contribution in [1.29, 1.82) is 0 Å². The molecule has 0 unspecified atom stereocenters. The Bertz CT molecular complexity index is 287. The number of hydrogen-bond donors (Lipinski definition) is 0. The van der Waals surface area contributed by atoms with E-state index >= 15 is 0 Å². The van der Waals surface area contributed by atoms with E-state index in [1.165, 1.54) is 5.56 Å². The van der Waals surface area contributed by atoms with Crippen molar-refractivity contribution >= 4 is 27.8 Å². The molecule has 0 fully saturated rings. The van der Waals surface area contributed by atoms with E-state index in [4.69, 9.17) is 22.5 Å². The van der Waals surface area contributed by atoms with Crippen LogP contribution in [0.2, 0.25) is 0 Å². The topological polar surface area (TPSA) is 0 Å². The fraction of sp³-hybridized carbons (Fsp3) is 0.455. The van der Waals surface area contributed by atoms with Crippen molar-refractivity contribution in [3.63, 3.8) is 0 Å². The molecule has 0 N–H and O–H groups in total. The summed E-state index contributed by atoms with van der Waals surface area (Å²) in [5, 5.41) is -2.46. The molecular weight excluding hydrogens is 234 g/mol. The first-order chi connectivity index (χ1) is 6.48. The predicted octanol–water partition coefficient (Wildman–Crippen LogP) is 5.09. The van der Waals surface area contributed by atoms with Crippen LogP contribution in [0, 0.1) is 0 Å². The summed E-state index contributed by atoms with van der Waals surface area (Å²) in [6.45, 7) is 4.18. The quantitative estimate of drug-likeness (QED) is 0.654. The van der Waals surface area contributed by atoms with E-state index < -0.39 is 5.31 Å². The summed E-state index contributed by atoms with van der Waals surface area (Å²) in [6, 6.07) is 10.3. The first-order valence-corrected chi connectivity index (χ1v) is 9.57. The van der Waals surface area contributed by atoms with Crippen molar-refractivity contribution in [3.05, 3.63) is 35.9 Å². The summed E-state index contributed by atoms with van der Waals surface area (Å²) >= 11 is 13.2. The van der Waals surface area contributed by atoms with E-state index in [9.17, 15) is 0 Å². The maximum absolute atomic E-state index is 6.59. The minimum atomic E-state index is -2.46. The van der Waals surface area contributed by atoms with E-state index in [0.29, 0.717) is 0 Å². The molecule has 0 radical (unpaired) electrons. The van der Waals surface area contributed by atoms with Crippen LogP contribution in [-0.2, 0) is 6.16 Å². The molecule has 0 saturated heterocycles. The van der Waals surface area contributed by atoms with Gasteiger partial charge in [-0.15, -0.1) is 0 Å². The number of rotatable bonds is 4. The van der Waals surface area contributed by atoms with Crippen LogP contribution in [0.15, 0.2) is 30.3 Å². The molecule has 0 heterocycles. The van der Waals surface area contributed by atoms with Crippen molar-refractivity contribution < 1.29 is 0 Å². The van der Waals surface area contributed by atoms with Crippen molar-refractivity contribution in [1.82, 2.24) is 0 Å². The van der Waals surface area contributed by atoms with Crippen LogP contribution in [-0.4, -0.2) is 12.3 Å². The van der Waals surface area contributed by atoms with Crippen molar-refractivity contribution in [3.8, 4) is 0 Å². The number of hydrogen-bond acceptors (Lipinski definition) is 0. The summed E-state index contributed by atoms with van der Waals surface area (Å²) in [5.41, 5.74) is 1.25. The Hall–Kier alpha value is 0.230. The zero-order chi connectivity index (χ0) is 10.7. The molecule has 0 spiro atoms. The van der Waals surface area contributed by atoms with Crippen LogP contribution in [0.5, 0.6) is 0 Å². The van der Waals surface area contributed by atoms with Gasteiger partial charge in [0.1, 0.15) is 0 Å². The van der Waals surface area contributed by atoms with Crippen LogP contribution in [0.3, 0.4) is 0 Å². The second-order valence-corrected chi connectivity index (χ2v) is 14.0. The van der Waals surface area contributed by atoms with Gasteiger partial charge in [-0.2, -0.15) is 0 Å².